The molecule has 0 fully saturated rings. The van der Waals surface area contributed by atoms with Gasteiger partial charge in [-0.2, -0.15) is 0 Å². The summed E-state index contributed by atoms with van der Waals surface area (Å²) in [6, 6.07) is 15.5. The number of aromatic nitrogens is 1. The summed E-state index contributed by atoms with van der Waals surface area (Å²) >= 11 is 5.79. The second-order valence-corrected chi connectivity index (χ2v) is 5.68. The summed E-state index contributed by atoms with van der Waals surface area (Å²) in [5.74, 6) is -0.614. The van der Waals surface area contributed by atoms with E-state index in [4.69, 9.17) is 16.1 Å². The summed E-state index contributed by atoms with van der Waals surface area (Å²) in [6.45, 7) is 1.63. The van der Waals surface area contributed by atoms with Crippen LogP contribution < -0.4 is 10.9 Å². The summed E-state index contributed by atoms with van der Waals surface area (Å²) in [4.78, 5) is 24.5. The maximum absolute atomic E-state index is 12.5. The summed E-state index contributed by atoms with van der Waals surface area (Å²) < 4.78 is 5.14. The van der Waals surface area contributed by atoms with E-state index in [-0.39, 0.29) is 5.56 Å². The van der Waals surface area contributed by atoms with Crippen molar-refractivity contribution in [2.24, 2.45) is 0 Å². The van der Waals surface area contributed by atoms with Gasteiger partial charge in [-0.1, -0.05) is 47.1 Å². The van der Waals surface area contributed by atoms with Crippen molar-refractivity contribution >= 4 is 23.4 Å². The number of carbonyl (C=O) groups excluding carboxylic acids is 2. The Morgan fingerprint density at radius 2 is 1.60 bits per heavy atom. The lowest BCUT2D eigenvalue weighted by Gasteiger charge is -2.08. The number of hydrogen-bond acceptors (Lipinski definition) is 4. The first-order chi connectivity index (χ1) is 12.1. The van der Waals surface area contributed by atoms with Gasteiger partial charge in [0.2, 0.25) is 0 Å². The fourth-order valence-corrected chi connectivity index (χ4v) is 2.41. The molecule has 25 heavy (non-hydrogen) atoms. The van der Waals surface area contributed by atoms with Crippen molar-refractivity contribution in [2.45, 2.75) is 6.92 Å². The summed E-state index contributed by atoms with van der Waals surface area (Å²) in [5.41, 5.74) is 6.53. The van der Waals surface area contributed by atoms with Crippen molar-refractivity contribution in [3.63, 3.8) is 0 Å². The molecule has 126 valence electrons. The Bertz CT molecular complexity index is 905. The van der Waals surface area contributed by atoms with Crippen LogP contribution >= 0.6 is 11.6 Å². The highest BCUT2D eigenvalue weighted by atomic mass is 35.5. The van der Waals surface area contributed by atoms with Crippen LogP contribution in [0.5, 0.6) is 0 Å². The van der Waals surface area contributed by atoms with Crippen molar-refractivity contribution in [3.05, 3.63) is 76.5 Å². The third kappa shape index (κ3) is 3.70. The lowest BCUT2D eigenvalue weighted by molar-refractivity contribution is 0.0846. The molecule has 0 aliphatic heterocycles. The van der Waals surface area contributed by atoms with E-state index in [0.29, 0.717) is 22.0 Å². The number of hydrazine groups is 1. The topological polar surface area (TPSA) is 84.2 Å². The SMILES string of the molecule is Cc1onc(-c2ccccc2)c1C(=O)NNC(=O)c1ccc(Cl)cc1. The van der Waals surface area contributed by atoms with Gasteiger partial charge < -0.3 is 4.52 Å². The molecule has 0 spiro atoms. The van der Waals surface area contributed by atoms with Gasteiger partial charge in [-0.3, -0.25) is 20.4 Å². The zero-order valence-electron chi connectivity index (χ0n) is 13.2. The Hall–Kier alpha value is -3.12. The second kappa shape index (κ2) is 7.19. The van der Waals surface area contributed by atoms with Crippen LogP contribution in [0.4, 0.5) is 0 Å². The fraction of sp³-hybridized carbons (Fsp3) is 0.0556. The van der Waals surface area contributed by atoms with Crippen LogP contribution in [0.1, 0.15) is 26.5 Å². The first kappa shape index (κ1) is 16.7. The van der Waals surface area contributed by atoms with Crippen LogP contribution in [0.3, 0.4) is 0 Å². The molecule has 0 saturated heterocycles. The zero-order chi connectivity index (χ0) is 17.8. The molecule has 7 heteroatoms. The number of carbonyl (C=O) groups is 2. The van der Waals surface area contributed by atoms with E-state index >= 15 is 0 Å². The predicted octanol–water partition coefficient (Wildman–Crippen LogP) is 3.38. The number of benzene rings is 2. The lowest BCUT2D eigenvalue weighted by Crippen LogP contribution is -2.41. The van der Waals surface area contributed by atoms with Gasteiger partial charge in [-0.25, -0.2) is 0 Å². The van der Waals surface area contributed by atoms with Gasteiger partial charge in [0.1, 0.15) is 17.0 Å². The number of rotatable bonds is 3. The van der Waals surface area contributed by atoms with Gasteiger partial charge in [-0.15, -0.1) is 0 Å². The fourth-order valence-electron chi connectivity index (χ4n) is 2.28. The molecule has 1 aromatic heterocycles. The van der Waals surface area contributed by atoms with E-state index in [1.54, 1.807) is 31.2 Å². The smallest absolute Gasteiger partial charge is 0.275 e. The molecule has 0 atom stereocenters. The van der Waals surface area contributed by atoms with E-state index in [0.717, 1.165) is 5.56 Å². The first-order valence-corrected chi connectivity index (χ1v) is 7.82. The van der Waals surface area contributed by atoms with Crippen LogP contribution in [-0.4, -0.2) is 17.0 Å². The van der Waals surface area contributed by atoms with Gasteiger partial charge in [-0.05, 0) is 31.2 Å². The van der Waals surface area contributed by atoms with Crippen molar-refractivity contribution in [2.75, 3.05) is 0 Å². The quantitative estimate of drug-likeness (QED) is 0.705. The molecule has 3 aromatic rings. The normalized spacial score (nSPS) is 10.3. The molecule has 1 heterocycles. The molecule has 0 saturated carbocycles. The lowest BCUT2D eigenvalue weighted by atomic mass is 10.1. The molecule has 2 aromatic carbocycles. The monoisotopic (exact) mass is 355 g/mol. The van der Waals surface area contributed by atoms with E-state index in [1.807, 2.05) is 30.3 Å². The number of amides is 2. The van der Waals surface area contributed by atoms with Crippen LogP contribution in [-0.2, 0) is 0 Å². The van der Waals surface area contributed by atoms with Crippen LogP contribution in [0.15, 0.2) is 59.1 Å². The first-order valence-electron chi connectivity index (χ1n) is 7.44. The van der Waals surface area contributed by atoms with Crippen molar-refractivity contribution in [1.29, 1.82) is 0 Å². The van der Waals surface area contributed by atoms with Crippen molar-refractivity contribution in [3.8, 4) is 11.3 Å². The Morgan fingerprint density at radius 1 is 0.960 bits per heavy atom. The molecule has 0 radical (unpaired) electrons. The number of nitrogens with one attached hydrogen (secondary N) is 2. The van der Waals surface area contributed by atoms with E-state index < -0.39 is 11.8 Å². The largest absolute Gasteiger partial charge is 0.360 e. The minimum atomic E-state index is -0.514. The van der Waals surface area contributed by atoms with E-state index in [2.05, 4.69) is 16.0 Å². The Labute approximate surface area is 148 Å². The third-order valence-corrected chi connectivity index (χ3v) is 3.78. The average Bonchev–Trinajstić information content (AvgIpc) is 3.02. The highest BCUT2D eigenvalue weighted by Crippen LogP contribution is 2.24. The molecule has 3 rings (SSSR count). The zero-order valence-corrected chi connectivity index (χ0v) is 14.0. The van der Waals surface area contributed by atoms with Gasteiger partial charge in [0, 0.05) is 16.1 Å². The molecule has 6 nitrogen and oxygen atoms in total. The maximum Gasteiger partial charge on any atom is 0.275 e. The molecular weight excluding hydrogens is 342 g/mol. The Balaban J connectivity index is 1.75. The Kier molecular flexibility index (Phi) is 4.81. The molecule has 0 unspecified atom stereocenters. The van der Waals surface area contributed by atoms with Crippen molar-refractivity contribution < 1.29 is 14.1 Å². The molecule has 0 aliphatic carbocycles. The Morgan fingerprint density at radius 3 is 2.28 bits per heavy atom. The van der Waals surface area contributed by atoms with Gasteiger partial charge >= 0.3 is 0 Å². The maximum atomic E-state index is 12.5. The molecule has 2 amide bonds. The number of halogens is 1. The summed E-state index contributed by atoms with van der Waals surface area (Å²) in [5, 5.41) is 4.46. The van der Waals surface area contributed by atoms with Gasteiger partial charge in [0.05, 0.1) is 0 Å². The average molecular weight is 356 g/mol. The number of aryl methyl sites for hydroxylation is 1. The number of nitrogens with zero attached hydrogens (tertiary/aromatic N) is 1. The van der Waals surface area contributed by atoms with Crippen molar-refractivity contribution in [1.82, 2.24) is 16.0 Å². The molecular formula is C18H14ClN3O3. The van der Waals surface area contributed by atoms with Crippen LogP contribution in [0.2, 0.25) is 5.02 Å². The second-order valence-electron chi connectivity index (χ2n) is 5.24. The number of hydrogen-bond donors (Lipinski definition) is 2. The van der Waals surface area contributed by atoms with Crippen LogP contribution in [0.25, 0.3) is 11.3 Å². The van der Waals surface area contributed by atoms with E-state index in [9.17, 15) is 9.59 Å². The molecule has 2 N–H and O–H groups in total. The van der Waals surface area contributed by atoms with Crippen LogP contribution in [0, 0.1) is 6.92 Å². The summed E-state index contributed by atoms with van der Waals surface area (Å²) in [7, 11) is 0. The third-order valence-electron chi connectivity index (χ3n) is 3.53. The predicted molar refractivity (Wildman–Crippen MR) is 93.1 cm³/mol. The standard InChI is InChI=1S/C18H14ClN3O3/c1-11-15(16(22-25-11)12-5-3-2-4-6-12)18(24)21-20-17(23)13-7-9-14(19)10-8-13/h2-10H,1H3,(H,20,23)(H,21,24). The highest BCUT2D eigenvalue weighted by molar-refractivity contribution is 6.30. The highest BCUT2D eigenvalue weighted by Gasteiger charge is 2.22. The minimum absolute atomic E-state index is 0.266. The summed E-state index contributed by atoms with van der Waals surface area (Å²) in [6.07, 6.45) is 0. The van der Waals surface area contributed by atoms with Gasteiger partial charge in [0.25, 0.3) is 11.8 Å². The van der Waals surface area contributed by atoms with E-state index in [1.165, 1.54) is 0 Å². The minimum Gasteiger partial charge on any atom is -0.360 e. The molecule has 0 bridgehead atoms. The molecule has 0 aliphatic rings. The van der Waals surface area contributed by atoms with Gasteiger partial charge in [0.15, 0.2) is 0 Å².